The number of fused-ring (bicyclic) bond motifs is 1. The molecule has 0 saturated carbocycles. The SMILES string of the molecule is CC1CCN(C(=O)c2sc3cccc(F)c3c2N)CC1O. The first-order chi connectivity index (χ1) is 9.99. The number of carbonyl (C=O) groups is 1. The maximum absolute atomic E-state index is 13.8. The Hall–Kier alpha value is -1.66. The Morgan fingerprint density at radius 2 is 2.29 bits per heavy atom. The van der Waals surface area contributed by atoms with Gasteiger partial charge in [0, 0.05) is 17.8 Å². The zero-order chi connectivity index (χ0) is 15.1. The summed E-state index contributed by atoms with van der Waals surface area (Å²) in [6.07, 6.45) is 0.238. The fraction of sp³-hybridized carbons (Fsp3) is 0.400. The van der Waals surface area contributed by atoms with E-state index in [4.69, 9.17) is 5.73 Å². The molecule has 1 amide bonds. The monoisotopic (exact) mass is 308 g/mol. The number of halogens is 1. The number of benzene rings is 1. The molecule has 6 heteroatoms. The Kier molecular flexibility index (Phi) is 3.59. The fourth-order valence-electron chi connectivity index (χ4n) is 2.67. The van der Waals surface area contributed by atoms with Crippen LogP contribution in [-0.2, 0) is 0 Å². The van der Waals surface area contributed by atoms with Gasteiger partial charge in [-0.3, -0.25) is 4.79 Å². The predicted octanol–water partition coefficient (Wildman–Crippen LogP) is 2.47. The minimum absolute atomic E-state index is 0.186. The van der Waals surface area contributed by atoms with Crippen molar-refractivity contribution >= 4 is 33.0 Å². The number of amides is 1. The van der Waals surface area contributed by atoms with E-state index in [9.17, 15) is 14.3 Å². The number of nitrogens with two attached hydrogens (primary N) is 1. The van der Waals surface area contributed by atoms with Gasteiger partial charge in [-0.05, 0) is 24.5 Å². The first-order valence-electron chi connectivity index (χ1n) is 6.93. The summed E-state index contributed by atoms with van der Waals surface area (Å²) in [5.74, 6) is -0.446. The molecule has 0 bridgehead atoms. The highest BCUT2D eigenvalue weighted by molar-refractivity contribution is 7.21. The van der Waals surface area contributed by atoms with Crippen LogP contribution in [0.3, 0.4) is 0 Å². The van der Waals surface area contributed by atoms with Crippen LogP contribution in [0, 0.1) is 11.7 Å². The van der Waals surface area contributed by atoms with Crippen LogP contribution in [0.1, 0.15) is 23.0 Å². The van der Waals surface area contributed by atoms with Crippen LogP contribution < -0.4 is 5.73 Å². The van der Waals surface area contributed by atoms with E-state index in [2.05, 4.69) is 0 Å². The molecule has 2 aromatic rings. The van der Waals surface area contributed by atoms with E-state index in [1.54, 1.807) is 17.0 Å². The third-order valence-corrected chi connectivity index (χ3v) is 5.26. The van der Waals surface area contributed by atoms with Crippen LogP contribution in [0.25, 0.3) is 10.1 Å². The number of piperidine rings is 1. The third kappa shape index (κ3) is 2.38. The number of nitrogens with zero attached hydrogens (tertiary/aromatic N) is 1. The van der Waals surface area contributed by atoms with Gasteiger partial charge in [0.2, 0.25) is 0 Å². The number of hydrogen-bond donors (Lipinski definition) is 2. The van der Waals surface area contributed by atoms with Crippen molar-refractivity contribution in [3.05, 3.63) is 28.9 Å². The number of likely N-dealkylation sites (tertiary alicyclic amines) is 1. The molecular formula is C15H17FN2O2S. The molecule has 2 heterocycles. The number of anilines is 1. The number of rotatable bonds is 1. The van der Waals surface area contributed by atoms with Crippen LogP contribution in [-0.4, -0.2) is 35.1 Å². The number of hydrogen-bond acceptors (Lipinski definition) is 4. The van der Waals surface area contributed by atoms with Crippen molar-refractivity contribution in [2.24, 2.45) is 5.92 Å². The molecule has 3 N–H and O–H groups in total. The number of nitrogen functional groups attached to an aromatic ring is 1. The van der Waals surface area contributed by atoms with Crippen LogP contribution in [0.4, 0.5) is 10.1 Å². The molecule has 1 fully saturated rings. The summed E-state index contributed by atoms with van der Waals surface area (Å²) in [5, 5.41) is 10.2. The standard InChI is InChI=1S/C15H17FN2O2S/c1-8-5-6-18(7-10(8)19)15(20)14-13(17)12-9(16)3-2-4-11(12)21-14/h2-4,8,10,19H,5-7,17H2,1H3. The normalized spacial score (nSPS) is 22.7. The Morgan fingerprint density at radius 3 is 2.95 bits per heavy atom. The third-order valence-electron chi connectivity index (χ3n) is 4.10. The van der Waals surface area contributed by atoms with E-state index in [1.807, 2.05) is 6.92 Å². The van der Waals surface area contributed by atoms with Crippen LogP contribution in [0.5, 0.6) is 0 Å². The molecule has 1 aliphatic rings. The zero-order valence-corrected chi connectivity index (χ0v) is 12.5. The first kappa shape index (κ1) is 14.3. The van der Waals surface area contributed by atoms with Crippen molar-refractivity contribution in [3.63, 3.8) is 0 Å². The lowest BCUT2D eigenvalue weighted by Crippen LogP contribution is -2.45. The topological polar surface area (TPSA) is 66.6 Å². The molecule has 2 atom stereocenters. The number of thiophene rings is 1. The predicted molar refractivity (Wildman–Crippen MR) is 81.9 cm³/mol. The summed E-state index contributed by atoms with van der Waals surface area (Å²) < 4.78 is 14.5. The number of β-amino-alcohol motifs (C(OH)–C–C–N with tert-alkyl or cyclic N) is 1. The van der Waals surface area contributed by atoms with Gasteiger partial charge in [0.05, 0.1) is 17.2 Å². The minimum atomic E-state index is -0.518. The highest BCUT2D eigenvalue weighted by atomic mass is 32.1. The van der Waals surface area contributed by atoms with Crippen molar-refractivity contribution in [3.8, 4) is 0 Å². The molecular weight excluding hydrogens is 291 g/mol. The summed E-state index contributed by atoms with van der Waals surface area (Å²) in [7, 11) is 0. The molecule has 0 spiro atoms. The van der Waals surface area contributed by atoms with E-state index >= 15 is 0 Å². The van der Waals surface area contributed by atoms with Crippen LogP contribution in [0.15, 0.2) is 18.2 Å². The van der Waals surface area contributed by atoms with E-state index in [1.165, 1.54) is 17.4 Å². The smallest absolute Gasteiger partial charge is 0.266 e. The van der Waals surface area contributed by atoms with Gasteiger partial charge in [-0.25, -0.2) is 4.39 Å². The Morgan fingerprint density at radius 1 is 1.52 bits per heavy atom. The molecule has 1 aromatic carbocycles. The lowest BCUT2D eigenvalue weighted by atomic mass is 9.96. The summed E-state index contributed by atoms with van der Waals surface area (Å²) in [5.41, 5.74) is 6.17. The highest BCUT2D eigenvalue weighted by Gasteiger charge is 2.30. The van der Waals surface area contributed by atoms with Crippen LogP contribution >= 0.6 is 11.3 Å². The van der Waals surface area contributed by atoms with Gasteiger partial charge >= 0.3 is 0 Å². The molecule has 0 aliphatic carbocycles. The Bertz CT molecular complexity index is 700. The van der Waals surface area contributed by atoms with E-state index in [-0.39, 0.29) is 17.5 Å². The average Bonchev–Trinajstić information content (AvgIpc) is 2.80. The van der Waals surface area contributed by atoms with Crippen molar-refractivity contribution in [1.82, 2.24) is 4.90 Å². The molecule has 0 radical (unpaired) electrons. The fourth-order valence-corrected chi connectivity index (χ4v) is 3.77. The van der Waals surface area contributed by atoms with Crippen molar-refractivity contribution in [2.75, 3.05) is 18.8 Å². The summed E-state index contributed by atoms with van der Waals surface area (Å²) in [6, 6.07) is 4.70. The second kappa shape index (κ2) is 5.27. The van der Waals surface area contributed by atoms with E-state index < -0.39 is 11.9 Å². The maximum Gasteiger partial charge on any atom is 0.266 e. The van der Waals surface area contributed by atoms with Crippen molar-refractivity contribution in [2.45, 2.75) is 19.4 Å². The number of carbonyl (C=O) groups excluding carboxylic acids is 1. The quantitative estimate of drug-likeness (QED) is 0.850. The molecule has 21 heavy (non-hydrogen) atoms. The lowest BCUT2D eigenvalue weighted by Gasteiger charge is -2.34. The van der Waals surface area contributed by atoms with Gasteiger partial charge in [0.15, 0.2) is 0 Å². The number of aliphatic hydroxyl groups is 1. The summed E-state index contributed by atoms with van der Waals surface area (Å²) >= 11 is 1.20. The van der Waals surface area contributed by atoms with Gasteiger partial charge in [-0.1, -0.05) is 13.0 Å². The van der Waals surface area contributed by atoms with E-state index in [0.717, 1.165) is 6.42 Å². The highest BCUT2D eigenvalue weighted by Crippen LogP contribution is 2.36. The molecule has 1 aromatic heterocycles. The first-order valence-corrected chi connectivity index (χ1v) is 7.74. The maximum atomic E-state index is 13.8. The molecule has 112 valence electrons. The lowest BCUT2D eigenvalue weighted by molar-refractivity contribution is 0.0252. The average molecular weight is 308 g/mol. The van der Waals surface area contributed by atoms with Gasteiger partial charge in [0.1, 0.15) is 10.7 Å². The van der Waals surface area contributed by atoms with Crippen molar-refractivity contribution in [1.29, 1.82) is 0 Å². The van der Waals surface area contributed by atoms with Gasteiger partial charge < -0.3 is 15.7 Å². The molecule has 4 nitrogen and oxygen atoms in total. The van der Waals surface area contributed by atoms with Crippen molar-refractivity contribution < 1.29 is 14.3 Å². The van der Waals surface area contributed by atoms with Gasteiger partial charge in [-0.15, -0.1) is 11.3 Å². The molecule has 1 saturated heterocycles. The van der Waals surface area contributed by atoms with Gasteiger partial charge in [0.25, 0.3) is 5.91 Å². The second-order valence-electron chi connectivity index (χ2n) is 5.54. The zero-order valence-electron chi connectivity index (χ0n) is 11.7. The summed E-state index contributed by atoms with van der Waals surface area (Å²) in [4.78, 5) is 14.5. The molecule has 2 unspecified atom stereocenters. The van der Waals surface area contributed by atoms with Crippen LogP contribution in [0.2, 0.25) is 0 Å². The van der Waals surface area contributed by atoms with E-state index in [0.29, 0.717) is 28.1 Å². The minimum Gasteiger partial charge on any atom is -0.397 e. The van der Waals surface area contributed by atoms with Gasteiger partial charge in [-0.2, -0.15) is 0 Å². The Labute approximate surface area is 126 Å². The number of aliphatic hydroxyl groups excluding tert-OH is 1. The Balaban J connectivity index is 1.95. The second-order valence-corrected chi connectivity index (χ2v) is 6.59. The molecule has 3 rings (SSSR count). The largest absolute Gasteiger partial charge is 0.397 e. The molecule has 1 aliphatic heterocycles. The summed E-state index contributed by atoms with van der Waals surface area (Å²) in [6.45, 7) is 2.86.